The number of hydrogen-bond acceptors (Lipinski definition) is 2. The molecule has 27 heavy (non-hydrogen) atoms. The van der Waals surface area contributed by atoms with Crippen molar-refractivity contribution in [2.45, 2.75) is 13.8 Å². The Kier molecular flexibility index (Phi) is 10.0. The van der Waals surface area contributed by atoms with E-state index in [4.69, 9.17) is 17.3 Å². The van der Waals surface area contributed by atoms with Crippen LogP contribution >= 0.6 is 27.5 Å². The zero-order valence-corrected chi connectivity index (χ0v) is 17.5. The normalized spacial score (nSPS) is 14.0. The van der Waals surface area contributed by atoms with Gasteiger partial charge in [-0.05, 0) is 43.8 Å². The van der Waals surface area contributed by atoms with Gasteiger partial charge in [-0.2, -0.15) is 0 Å². The Labute approximate surface area is 172 Å². The molecule has 144 valence electrons. The van der Waals surface area contributed by atoms with Crippen molar-refractivity contribution in [1.29, 1.82) is 0 Å². The lowest BCUT2D eigenvalue weighted by Gasteiger charge is -2.17. The summed E-state index contributed by atoms with van der Waals surface area (Å²) >= 11 is 9.26. The lowest BCUT2D eigenvalue weighted by molar-refractivity contribution is 0.574. The van der Waals surface area contributed by atoms with Crippen molar-refractivity contribution in [3.63, 3.8) is 0 Å². The molecule has 0 aliphatic heterocycles. The molecule has 0 aromatic heterocycles. The van der Waals surface area contributed by atoms with Gasteiger partial charge >= 0.3 is 0 Å². The van der Waals surface area contributed by atoms with E-state index in [2.05, 4.69) is 27.8 Å². The second kappa shape index (κ2) is 11.7. The van der Waals surface area contributed by atoms with Gasteiger partial charge in [-0.3, -0.25) is 0 Å². The predicted molar refractivity (Wildman–Crippen MR) is 115 cm³/mol. The molecule has 1 aromatic carbocycles. The smallest absolute Gasteiger partial charge is 0.136 e. The van der Waals surface area contributed by atoms with Gasteiger partial charge < -0.3 is 11.1 Å². The molecule has 0 fully saturated rings. The van der Waals surface area contributed by atoms with Gasteiger partial charge in [-0.15, -0.1) is 0 Å². The zero-order valence-electron chi connectivity index (χ0n) is 15.2. The second-order valence-corrected chi connectivity index (χ2v) is 6.73. The van der Waals surface area contributed by atoms with E-state index in [1.165, 1.54) is 12.1 Å². The van der Waals surface area contributed by atoms with Gasteiger partial charge in [0.05, 0.1) is 11.3 Å². The van der Waals surface area contributed by atoms with Crippen molar-refractivity contribution < 1.29 is 8.78 Å². The molecule has 0 saturated heterocycles. The standard InChI is InChI=1S/C21H22BrClF2N2/c1-4-7-14(8-5-2)17(12-16(23)13-26)21(27-9-6-3)20-18(24)10-15(22)11-19(20)25/h4-12,27H,1,13,26H2,2-3H3/b8-5-,9-6+,14-7+,16-12+,21-17+. The Bertz CT molecular complexity index is 814. The number of rotatable bonds is 8. The van der Waals surface area contributed by atoms with Crippen molar-refractivity contribution in [3.05, 3.63) is 99.2 Å². The van der Waals surface area contributed by atoms with Crippen LogP contribution in [-0.4, -0.2) is 6.54 Å². The minimum atomic E-state index is -0.720. The molecule has 0 bridgehead atoms. The number of benzene rings is 1. The quantitative estimate of drug-likeness (QED) is 0.449. The number of nitrogens with two attached hydrogens (primary N) is 1. The maximum Gasteiger partial charge on any atom is 0.136 e. The minimum absolute atomic E-state index is 0.0878. The molecule has 6 heteroatoms. The van der Waals surface area contributed by atoms with Crippen LogP contribution in [0, 0.1) is 11.6 Å². The monoisotopic (exact) mass is 454 g/mol. The minimum Gasteiger partial charge on any atom is -0.361 e. The summed E-state index contributed by atoms with van der Waals surface area (Å²) in [5, 5.41) is 3.30. The lowest BCUT2D eigenvalue weighted by atomic mass is 9.97. The molecule has 0 unspecified atom stereocenters. The fraction of sp³-hybridized carbons (Fsp3) is 0.143. The van der Waals surface area contributed by atoms with Gasteiger partial charge in [0, 0.05) is 21.6 Å². The molecule has 0 amide bonds. The number of allylic oxidation sites excluding steroid dienone is 8. The number of halogens is 4. The van der Waals surface area contributed by atoms with Crippen LogP contribution in [-0.2, 0) is 0 Å². The summed E-state index contributed by atoms with van der Waals surface area (Å²) in [4.78, 5) is 0. The fourth-order valence-electron chi connectivity index (χ4n) is 2.29. The van der Waals surface area contributed by atoms with Gasteiger partial charge in [0.15, 0.2) is 0 Å². The van der Waals surface area contributed by atoms with Crippen molar-refractivity contribution in [2.24, 2.45) is 5.73 Å². The summed E-state index contributed by atoms with van der Waals surface area (Å²) in [5.74, 6) is -1.44. The third-order valence-corrected chi connectivity index (χ3v) is 4.09. The van der Waals surface area contributed by atoms with E-state index in [1.54, 1.807) is 49.6 Å². The summed E-state index contributed by atoms with van der Waals surface area (Å²) in [5.41, 5.74) is 6.76. The second-order valence-electron chi connectivity index (χ2n) is 5.33. The number of nitrogens with one attached hydrogen (secondary N) is 1. The van der Waals surface area contributed by atoms with Gasteiger partial charge in [0.1, 0.15) is 11.6 Å². The molecule has 0 radical (unpaired) electrons. The molecular formula is C21H22BrClF2N2. The third kappa shape index (κ3) is 6.61. The third-order valence-electron chi connectivity index (χ3n) is 3.37. The molecule has 0 heterocycles. The SMILES string of the molecule is C=C/C=C(\C=C/C)C(/C=C(/Cl)CN)=C(/N/C=C/C)c1c(F)cc(Br)cc1F. The topological polar surface area (TPSA) is 38.0 Å². The average Bonchev–Trinajstić information content (AvgIpc) is 2.61. The first kappa shape index (κ1) is 23.1. The lowest BCUT2D eigenvalue weighted by Crippen LogP contribution is -2.12. The first-order valence-corrected chi connectivity index (χ1v) is 9.35. The predicted octanol–water partition coefficient (Wildman–Crippen LogP) is 6.33. The van der Waals surface area contributed by atoms with E-state index in [0.717, 1.165) is 0 Å². The molecule has 1 aromatic rings. The van der Waals surface area contributed by atoms with Crippen LogP contribution in [0.5, 0.6) is 0 Å². The van der Waals surface area contributed by atoms with E-state index in [9.17, 15) is 8.78 Å². The Balaban J connectivity index is 3.99. The van der Waals surface area contributed by atoms with Crippen LogP contribution in [0.2, 0.25) is 0 Å². The largest absolute Gasteiger partial charge is 0.361 e. The molecule has 0 aliphatic carbocycles. The Morgan fingerprint density at radius 2 is 1.89 bits per heavy atom. The summed E-state index contributed by atoms with van der Waals surface area (Å²) in [7, 11) is 0. The summed E-state index contributed by atoms with van der Waals surface area (Å²) in [6.45, 7) is 7.41. The molecule has 3 N–H and O–H groups in total. The fourth-order valence-corrected chi connectivity index (χ4v) is 2.80. The Morgan fingerprint density at radius 1 is 1.26 bits per heavy atom. The van der Waals surface area contributed by atoms with Crippen LogP contribution in [0.4, 0.5) is 8.78 Å². The van der Waals surface area contributed by atoms with E-state index < -0.39 is 11.6 Å². The molecule has 0 saturated carbocycles. The highest BCUT2D eigenvalue weighted by molar-refractivity contribution is 9.10. The first-order valence-electron chi connectivity index (χ1n) is 8.18. The van der Waals surface area contributed by atoms with Crippen LogP contribution < -0.4 is 11.1 Å². The zero-order chi connectivity index (χ0) is 20.4. The highest BCUT2D eigenvalue weighted by atomic mass is 79.9. The van der Waals surface area contributed by atoms with Gasteiger partial charge in [-0.1, -0.05) is 64.5 Å². The van der Waals surface area contributed by atoms with Gasteiger partial charge in [-0.25, -0.2) is 8.78 Å². The average molecular weight is 456 g/mol. The van der Waals surface area contributed by atoms with E-state index >= 15 is 0 Å². The summed E-state index contributed by atoms with van der Waals surface area (Å²) in [6, 6.07) is 2.41. The van der Waals surface area contributed by atoms with Crippen LogP contribution in [0.3, 0.4) is 0 Å². The molecule has 0 atom stereocenters. The molecule has 1 rings (SSSR count). The highest BCUT2D eigenvalue weighted by Gasteiger charge is 2.19. The maximum absolute atomic E-state index is 14.7. The van der Waals surface area contributed by atoms with E-state index in [0.29, 0.717) is 20.7 Å². The molecular weight excluding hydrogens is 434 g/mol. The van der Waals surface area contributed by atoms with Gasteiger partial charge in [0.2, 0.25) is 0 Å². The van der Waals surface area contributed by atoms with Crippen molar-refractivity contribution in [2.75, 3.05) is 6.54 Å². The maximum atomic E-state index is 14.7. The summed E-state index contributed by atoms with van der Waals surface area (Å²) in [6.07, 6.45) is 11.8. The Morgan fingerprint density at radius 3 is 2.37 bits per heavy atom. The Hall–Kier alpha value is -1.95. The van der Waals surface area contributed by atoms with Crippen LogP contribution in [0.1, 0.15) is 19.4 Å². The van der Waals surface area contributed by atoms with E-state index in [-0.39, 0.29) is 17.8 Å². The van der Waals surface area contributed by atoms with Crippen molar-refractivity contribution in [3.8, 4) is 0 Å². The first-order chi connectivity index (χ1) is 12.9. The van der Waals surface area contributed by atoms with Crippen LogP contribution in [0.15, 0.2) is 82.0 Å². The van der Waals surface area contributed by atoms with Crippen LogP contribution in [0.25, 0.3) is 5.70 Å². The highest BCUT2D eigenvalue weighted by Crippen LogP contribution is 2.31. The number of hydrogen-bond donors (Lipinski definition) is 2. The molecule has 2 nitrogen and oxygen atoms in total. The molecule has 0 aliphatic rings. The van der Waals surface area contributed by atoms with Crippen molar-refractivity contribution >= 4 is 33.2 Å². The van der Waals surface area contributed by atoms with Gasteiger partial charge in [0.25, 0.3) is 0 Å². The van der Waals surface area contributed by atoms with E-state index in [1.807, 2.05) is 6.92 Å². The summed E-state index contributed by atoms with van der Waals surface area (Å²) < 4.78 is 29.7. The molecule has 0 spiro atoms. The van der Waals surface area contributed by atoms with Crippen molar-refractivity contribution in [1.82, 2.24) is 5.32 Å².